The molecule has 1 fully saturated rings. The van der Waals surface area contributed by atoms with Crippen LogP contribution in [0.15, 0.2) is 22.9 Å². The Morgan fingerprint density at radius 3 is 2.75 bits per heavy atom. The highest BCUT2D eigenvalue weighted by Gasteiger charge is 2.25. The lowest BCUT2D eigenvalue weighted by Crippen LogP contribution is -2.46. The van der Waals surface area contributed by atoms with Crippen molar-refractivity contribution in [1.29, 1.82) is 0 Å². The van der Waals surface area contributed by atoms with Gasteiger partial charge in [0.15, 0.2) is 0 Å². The van der Waals surface area contributed by atoms with E-state index in [0.29, 0.717) is 11.7 Å². The number of hydrogen-bond acceptors (Lipinski definition) is 2. The molecule has 0 radical (unpaired) electrons. The van der Waals surface area contributed by atoms with Crippen molar-refractivity contribution in [3.63, 3.8) is 0 Å². The van der Waals surface area contributed by atoms with Crippen molar-refractivity contribution in [2.24, 2.45) is 0 Å². The Kier molecular flexibility index (Phi) is 3.82. The second kappa shape index (κ2) is 5.15. The standard InChI is InChI=1S/C11H15ClN2OS/c1-9-2-3-10(12)14(8-9)11(15)13-4-6-16-7-5-13/h2-3H,4-8H2,1H3. The number of urea groups is 1. The first kappa shape index (κ1) is 11.9. The van der Waals surface area contributed by atoms with Crippen LogP contribution in [0.25, 0.3) is 0 Å². The van der Waals surface area contributed by atoms with E-state index in [1.54, 1.807) is 11.0 Å². The number of thioether (sulfide) groups is 1. The summed E-state index contributed by atoms with van der Waals surface area (Å²) in [5.74, 6) is 2.05. The molecule has 88 valence electrons. The van der Waals surface area contributed by atoms with E-state index in [2.05, 4.69) is 0 Å². The largest absolute Gasteiger partial charge is 0.325 e. The van der Waals surface area contributed by atoms with Gasteiger partial charge in [-0.25, -0.2) is 4.79 Å². The molecule has 3 nitrogen and oxygen atoms in total. The third-order valence-corrected chi connectivity index (χ3v) is 3.96. The molecule has 1 saturated heterocycles. The van der Waals surface area contributed by atoms with E-state index in [0.717, 1.165) is 30.2 Å². The fourth-order valence-corrected chi connectivity index (χ4v) is 2.86. The van der Waals surface area contributed by atoms with E-state index in [1.807, 2.05) is 29.7 Å². The molecule has 0 atom stereocenters. The van der Waals surface area contributed by atoms with Gasteiger partial charge in [-0.3, -0.25) is 4.90 Å². The molecule has 0 aromatic heterocycles. The molecule has 0 N–H and O–H groups in total. The van der Waals surface area contributed by atoms with Gasteiger partial charge in [0, 0.05) is 31.1 Å². The predicted octanol–water partition coefficient (Wildman–Crippen LogP) is 2.50. The number of allylic oxidation sites excluding steroid dienone is 2. The number of amides is 2. The lowest BCUT2D eigenvalue weighted by molar-refractivity contribution is 0.175. The fraction of sp³-hybridized carbons (Fsp3) is 0.545. The van der Waals surface area contributed by atoms with Crippen molar-refractivity contribution in [2.45, 2.75) is 6.92 Å². The van der Waals surface area contributed by atoms with Crippen LogP contribution in [0.4, 0.5) is 4.79 Å². The SMILES string of the molecule is CC1=CC=C(Cl)N(C(=O)N2CCSCC2)C1. The van der Waals surface area contributed by atoms with E-state index in [9.17, 15) is 4.79 Å². The van der Waals surface area contributed by atoms with Gasteiger partial charge < -0.3 is 4.90 Å². The smallest absolute Gasteiger partial charge is 0.323 e. The lowest BCUT2D eigenvalue weighted by Gasteiger charge is -2.33. The molecule has 0 saturated carbocycles. The predicted molar refractivity (Wildman–Crippen MR) is 68.7 cm³/mol. The van der Waals surface area contributed by atoms with Gasteiger partial charge in [-0.2, -0.15) is 11.8 Å². The second-order valence-electron chi connectivity index (χ2n) is 3.97. The molecule has 0 aliphatic carbocycles. The minimum atomic E-state index is 0.0361. The number of halogens is 1. The topological polar surface area (TPSA) is 23.6 Å². The molecule has 0 bridgehead atoms. The number of carbonyl (C=O) groups is 1. The molecule has 16 heavy (non-hydrogen) atoms. The summed E-state index contributed by atoms with van der Waals surface area (Å²) in [6.07, 6.45) is 3.75. The van der Waals surface area contributed by atoms with Gasteiger partial charge in [-0.05, 0) is 13.0 Å². The number of rotatable bonds is 0. The molecule has 0 aromatic carbocycles. The molecule has 2 rings (SSSR count). The Balaban J connectivity index is 2.04. The zero-order valence-corrected chi connectivity index (χ0v) is 10.9. The van der Waals surface area contributed by atoms with Crippen LogP contribution in [-0.4, -0.2) is 47.0 Å². The third-order valence-electron chi connectivity index (χ3n) is 2.68. The minimum Gasteiger partial charge on any atom is -0.323 e. The van der Waals surface area contributed by atoms with Crippen molar-refractivity contribution in [2.75, 3.05) is 31.1 Å². The summed E-state index contributed by atoms with van der Waals surface area (Å²) < 4.78 is 0. The van der Waals surface area contributed by atoms with Crippen molar-refractivity contribution in [3.05, 3.63) is 22.9 Å². The van der Waals surface area contributed by atoms with Gasteiger partial charge in [0.1, 0.15) is 5.16 Å². The summed E-state index contributed by atoms with van der Waals surface area (Å²) in [5.41, 5.74) is 1.16. The van der Waals surface area contributed by atoms with Crippen molar-refractivity contribution in [3.8, 4) is 0 Å². The van der Waals surface area contributed by atoms with Crippen LogP contribution in [0, 0.1) is 0 Å². The summed E-state index contributed by atoms with van der Waals surface area (Å²) >= 11 is 7.94. The molecule has 5 heteroatoms. The molecule has 0 spiro atoms. The van der Waals surface area contributed by atoms with E-state index in [1.165, 1.54) is 0 Å². The van der Waals surface area contributed by atoms with Crippen LogP contribution in [0.5, 0.6) is 0 Å². The van der Waals surface area contributed by atoms with E-state index < -0.39 is 0 Å². The summed E-state index contributed by atoms with van der Waals surface area (Å²) in [6, 6.07) is 0.0361. The Hall–Kier alpha value is -0.610. The van der Waals surface area contributed by atoms with Crippen LogP contribution in [0.3, 0.4) is 0 Å². The van der Waals surface area contributed by atoms with Crippen molar-refractivity contribution < 1.29 is 4.79 Å². The van der Waals surface area contributed by atoms with E-state index >= 15 is 0 Å². The third kappa shape index (κ3) is 2.55. The lowest BCUT2D eigenvalue weighted by atomic mass is 10.2. The summed E-state index contributed by atoms with van der Waals surface area (Å²) in [7, 11) is 0. The quantitative estimate of drug-likeness (QED) is 0.624. The normalized spacial score (nSPS) is 21.6. The summed E-state index contributed by atoms with van der Waals surface area (Å²) in [5, 5.41) is 0.522. The Labute approximate surface area is 105 Å². The molecular formula is C11H15ClN2OS. The van der Waals surface area contributed by atoms with Crippen LogP contribution in [-0.2, 0) is 0 Å². The van der Waals surface area contributed by atoms with Crippen molar-refractivity contribution >= 4 is 29.4 Å². The maximum absolute atomic E-state index is 12.2. The first-order valence-corrected chi connectivity index (χ1v) is 6.89. The van der Waals surface area contributed by atoms with Gasteiger partial charge >= 0.3 is 6.03 Å². The van der Waals surface area contributed by atoms with Gasteiger partial charge in [0.25, 0.3) is 0 Å². The molecule has 2 amide bonds. The molecular weight excluding hydrogens is 244 g/mol. The first-order valence-electron chi connectivity index (χ1n) is 5.35. The monoisotopic (exact) mass is 258 g/mol. The number of carbonyl (C=O) groups excluding carboxylic acids is 1. The Morgan fingerprint density at radius 1 is 1.38 bits per heavy atom. The molecule has 2 aliphatic rings. The van der Waals surface area contributed by atoms with E-state index in [-0.39, 0.29) is 6.03 Å². The maximum atomic E-state index is 12.2. The summed E-state index contributed by atoms with van der Waals surface area (Å²) in [6.45, 7) is 4.27. The fourth-order valence-electron chi connectivity index (χ4n) is 1.76. The van der Waals surface area contributed by atoms with Crippen LogP contribution in [0.2, 0.25) is 0 Å². The van der Waals surface area contributed by atoms with Gasteiger partial charge in [-0.1, -0.05) is 23.3 Å². The maximum Gasteiger partial charge on any atom is 0.325 e. The molecule has 2 heterocycles. The zero-order chi connectivity index (χ0) is 11.5. The second-order valence-corrected chi connectivity index (χ2v) is 5.58. The zero-order valence-electron chi connectivity index (χ0n) is 9.28. The molecule has 2 aliphatic heterocycles. The average Bonchev–Trinajstić information content (AvgIpc) is 2.32. The van der Waals surface area contributed by atoms with Crippen LogP contribution >= 0.6 is 23.4 Å². The minimum absolute atomic E-state index is 0.0361. The van der Waals surface area contributed by atoms with Crippen LogP contribution < -0.4 is 0 Å². The highest BCUT2D eigenvalue weighted by Crippen LogP contribution is 2.21. The average molecular weight is 259 g/mol. The number of hydrogen-bond donors (Lipinski definition) is 0. The summed E-state index contributed by atoms with van der Waals surface area (Å²) in [4.78, 5) is 15.7. The van der Waals surface area contributed by atoms with E-state index in [4.69, 9.17) is 11.6 Å². The molecule has 0 aromatic rings. The highest BCUT2D eigenvalue weighted by atomic mass is 35.5. The highest BCUT2D eigenvalue weighted by molar-refractivity contribution is 7.99. The van der Waals surface area contributed by atoms with Crippen molar-refractivity contribution in [1.82, 2.24) is 9.80 Å². The Morgan fingerprint density at radius 2 is 2.06 bits per heavy atom. The first-order chi connectivity index (χ1) is 7.68. The van der Waals surface area contributed by atoms with Crippen LogP contribution in [0.1, 0.15) is 6.92 Å². The van der Waals surface area contributed by atoms with Gasteiger partial charge in [0.05, 0.1) is 0 Å². The van der Waals surface area contributed by atoms with Gasteiger partial charge in [0.2, 0.25) is 0 Å². The molecule has 0 unspecified atom stereocenters. The number of nitrogens with zero attached hydrogens (tertiary/aromatic N) is 2. The Bertz CT molecular complexity index is 348. The van der Waals surface area contributed by atoms with Gasteiger partial charge in [-0.15, -0.1) is 0 Å².